The van der Waals surface area contributed by atoms with Crippen molar-refractivity contribution in [3.8, 4) is 17.2 Å². The van der Waals surface area contributed by atoms with Gasteiger partial charge in [0.25, 0.3) is 5.91 Å². The second-order valence-corrected chi connectivity index (χ2v) is 8.05. The Morgan fingerprint density at radius 3 is 2.30 bits per heavy atom. The summed E-state index contributed by atoms with van der Waals surface area (Å²) in [6.45, 7) is 0. The number of ether oxygens (including phenoxy) is 3. The summed E-state index contributed by atoms with van der Waals surface area (Å²) in [7, 11) is 4.64. The van der Waals surface area contributed by atoms with Crippen LogP contribution in [0.1, 0.15) is 5.56 Å². The average Bonchev–Trinajstić information content (AvgIpc) is 2.94. The fourth-order valence-electron chi connectivity index (χ4n) is 2.64. The van der Waals surface area contributed by atoms with Crippen LogP contribution in [0.5, 0.6) is 17.2 Å². The summed E-state index contributed by atoms with van der Waals surface area (Å²) in [6, 6.07) is 11.0. The second-order valence-electron chi connectivity index (χ2n) is 5.46. The Balaban J connectivity index is 1.99. The van der Waals surface area contributed by atoms with Crippen molar-refractivity contribution in [2.24, 2.45) is 0 Å². The highest BCUT2D eigenvalue weighted by Crippen LogP contribution is 2.41. The topological polar surface area (TPSA) is 48.0 Å². The van der Waals surface area contributed by atoms with Crippen molar-refractivity contribution in [2.75, 3.05) is 26.2 Å². The van der Waals surface area contributed by atoms with Crippen LogP contribution in [0, 0.1) is 0 Å². The SMILES string of the molecule is COc1cc(/C=C2\SC(=S)N(c3cccc(Br)c3)C2=O)cc(OC)c1OC. The van der Waals surface area contributed by atoms with E-state index in [2.05, 4.69) is 15.9 Å². The molecule has 27 heavy (non-hydrogen) atoms. The van der Waals surface area contributed by atoms with Gasteiger partial charge in [-0.2, -0.15) is 0 Å². The predicted octanol–water partition coefficient (Wildman–Crippen LogP) is 4.88. The summed E-state index contributed by atoms with van der Waals surface area (Å²) in [4.78, 5) is 15.0. The summed E-state index contributed by atoms with van der Waals surface area (Å²) < 4.78 is 17.4. The van der Waals surface area contributed by atoms with E-state index in [1.807, 2.05) is 24.3 Å². The second kappa shape index (κ2) is 8.33. The molecular weight excluding hydrogens is 450 g/mol. The van der Waals surface area contributed by atoms with Crippen LogP contribution >= 0.6 is 39.9 Å². The molecule has 1 heterocycles. The molecule has 0 radical (unpaired) electrons. The predicted molar refractivity (Wildman–Crippen MR) is 116 cm³/mol. The number of anilines is 1. The Labute approximate surface area is 175 Å². The molecule has 0 bridgehead atoms. The quantitative estimate of drug-likeness (QED) is 0.463. The number of nitrogens with zero attached hydrogens (tertiary/aromatic N) is 1. The molecule has 0 N–H and O–H groups in total. The molecule has 140 valence electrons. The number of halogens is 1. The molecule has 1 aliphatic rings. The first-order valence-electron chi connectivity index (χ1n) is 7.82. The smallest absolute Gasteiger partial charge is 0.270 e. The number of hydrogen-bond acceptors (Lipinski definition) is 6. The third-order valence-electron chi connectivity index (χ3n) is 3.84. The molecule has 2 aromatic carbocycles. The largest absolute Gasteiger partial charge is 0.493 e. The number of thiocarbonyl (C=S) groups is 1. The van der Waals surface area contributed by atoms with Crippen molar-refractivity contribution in [1.29, 1.82) is 0 Å². The number of amides is 1. The summed E-state index contributed by atoms with van der Waals surface area (Å²) in [5.41, 5.74) is 1.47. The normalized spacial score (nSPS) is 15.4. The van der Waals surface area contributed by atoms with Gasteiger partial charge in [-0.1, -0.05) is 46.0 Å². The molecule has 0 atom stereocenters. The van der Waals surface area contributed by atoms with Crippen molar-refractivity contribution in [3.05, 3.63) is 51.3 Å². The Bertz CT molecular complexity index is 920. The zero-order valence-corrected chi connectivity index (χ0v) is 18.0. The van der Waals surface area contributed by atoms with Crippen molar-refractivity contribution < 1.29 is 19.0 Å². The lowest BCUT2D eigenvalue weighted by atomic mass is 10.1. The monoisotopic (exact) mass is 465 g/mol. The van der Waals surface area contributed by atoms with E-state index in [1.54, 1.807) is 39.5 Å². The van der Waals surface area contributed by atoms with Gasteiger partial charge in [0.15, 0.2) is 15.8 Å². The summed E-state index contributed by atoms with van der Waals surface area (Å²) >= 11 is 10.1. The molecule has 1 aliphatic heterocycles. The number of thioether (sulfide) groups is 1. The van der Waals surface area contributed by atoms with Gasteiger partial charge < -0.3 is 14.2 Å². The number of hydrogen-bond donors (Lipinski definition) is 0. The van der Waals surface area contributed by atoms with Gasteiger partial charge in [-0.05, 0) is 42.0 Å². The Hall–Kier alpha value is -2.03. The summed E-state index contributed by atoms with van der Waals surface area (Å²) in [5.74, 6) is 1.37. The zero-order valence-electron chi connectivity index (χ0n) is 14.8. The molecule has 1 fully saturated rings. The first kappa shape index (κ1) is 19.7. The van der Waals surface area contributed by atoms with Gasteiger partial charge in [0, 0.05) is 4.47 Å². The van der Waals surface area contributed by atoms with E-state index < -0.39 is 0 Å². The van der Waals surface area contributed by atoms with Crippen LogP contribution in [0.15, 0.2) is 45.8 Å². The lowest BCUT2D eigenvalue weighted by Gasteiger charge is -2.14. The van der Waals surface area contributed by atoms with E-state index in [-0.39, 0.29) is 5.91 Å². The van der Waals surface area contributed by atoms with Crippen LogP contribution < -0.4 is 19.1 Å². The minimum absolute atomic E-state index is 0.170. The highest BCUT2D eigenvalue weighted by Gasteiger charge is 2.33. The molecule has 1 amide bonds. The molecule has 2 aromatic rings. The minimum Gasteiger partial charge on any atom is -0.493 e. The van der Waals surface area contributed by atoms with E-state index >= 15 is 0 Å². The van der Waals surface area contributed by atoms with Gasteiger partial charge in [0.1, 0.15) is 0 Å². The van der Waals surface area contributed by atoms with Gasteiger partial charge in [-0.15, -0.1) is 0 Å². The van der Waals surface area contributed by atoms with Crippen LogP contribution in [0.3, 0.4) is 0 Å². The summed E-state index contributed by atoms with van der Waals surface area (Å²) in [5, 5.41) is 0. The van der Waals surface area contributed by atoms with Crippen molar-refractivity contribution in [3.63, 3.8) is 0 Å². The number of benzene rings is 2. The fraction of sp³-hybridized carbons (Fsp3) is 0.158. The number of rotatable bonds is 5. The van der Waals surface area contributed by atoms with E-state index in [1.165, 1.54) is 16.7 Å². The standard InChI is InChI=1S/C19H16BrNO4S2/c1-23-14-7-11(8-15(24-2)17(14)25-3)9-16-18(22)21(19(26)27-16)13-6-4-5-12(20)10-13/h4-10H,1-3H3/b16-9-. The van der Waals surface area contributed by atoms with Crippen LogP contribution in [-0.4, -0.2) is 31.6 Å². The van der Waals surface area contributed by atoms with Gasteiger partial charge in [-0.25, -0.2) is 0 Å². The van der Waals surface area contributed by atoms with E-state index in [0.29, 0.717) is 26.5 Å². The highest BCUT2D eigenvalue weighted by atomic mass is 79.9. The van der Waals surface area contributed by atoms with Gasteiger partial charge in [-0.3, -0.25) is 9.69 Å². The highest BCUT2D eigenvalue weighted by molar-refractivity contribution is 9.10. The lowest BCUT2D eigenvalue weighted by molar-refractivity contribution is -0.113. The maximum absolute atomic E-state index is 12.9. The summed E-state index contributed by atoms with van der Waals surface area (Å²) in [6.07, 6.45) is 1.77. The Morgan fingerprint density at radius 1 is 1.07 bits per heavy atom. The lowest BCUT2D eigenvalue weighted by Crippen LogP contribution is -2.27. The Morgan fingerprint density at radius 2 is 1.74 bits per heavy atom. The maximum atomic E-state index is 12.9. The van der Waals surface area contributed by atoms with Crippen LogP contribution in [0.2, 0.25) is 0 Å². The molecule has 0 saturated carbocycles. The van der Waals surface area contributed by atoms with Crippen LogP contribution in [0.4, 0.5) is 5.69 Å². The number of methoxy groups -OCH3 is 3. The van der Waals surface area contributed by atoms with Crippen LogP contribution in [-0.2, 0) is 4.79 Å². The van der Waals surface area contributed by atoms with Crippen molar-refractivity contribution >= 4 is 61.9 Å². The molecule has 1 saturated heterocycles. The zero-order chi connectivity index (χ0) is 19.6. The number of carbonyl (C=O) groups is 1. The van der Waals surface area contributed by atoms with Crippen molar-refractivity contribution in [1.82, 2.24) is 0 Å². The average molecular weight is 466 g/mol. The van der Waals surface area contributed by atoms with Gasteiger partial charge in [0.05, 0.1) is 31.9 Å². The molecule has 8 heteroatoms. The van der Waals surface area contributed by atoms with Crippen LogP contribution in [0.25, 0.3) is 6.08 Å². The Kier molecular flexibility index (Phi) is 6.08. The van der Waals surface area contributed by atoms with Gasteiger partial charge in [0.2, 0.25) is 5.75 Å². The first-order valence-corrected chi connectivity index (χ1v) is 9.83. The molecule has 3 rings (SSSR count). The van der Waals surface area contributed by atoms with Crippen molar-refractivity contribution in [2.45, 2.75) is 0 Å². The minimum atomic E-state index is -0.170. The molecule has 0 unspecified atom stereocenters. The molecule has 0 spiro atoms. The third-order valence-corrected chi connectivity index (χ3v) is 5.64. The van der Waals surface area contributed by atoms with Gasteiger partial charge >= 0.3 is 0 Å². The molecular formula is C19H16BrNO4S2. The van der Waals surface area contributed by atoms with E-state index in [0.717, 1.165) is 15.7 Å². The molecule has 0 aromatic heterocycles. The molecule has 5 nitrogen and oxygen atoms in total. The maximum Gasteiger partial charge on any atom is 0.270 e. The fourth-order valence-corrected chi connectivity index (χ4v) is 4.33. The third kappa shape index (κ3) is 3.97. The van der Waals surface area contributed by atoms with E-state index in [9.17, 15) is 4.79 Å². The first-order chi connectivity index (χ1) is 13.0. The molecule has 0 aliphatic carbocycles. The van der Waals surface area contributed by atoms with E-state index in [4.69, 9.17) is 26.4 Å². The number of carbonyl (C=O) groups excluding carboxylic acids is 1.